The fourth-order valence-corrected chi connectivity index (χ4v) is 5.68. The summed E-state index contributed by atoms with van der Waals surface area (Å²) in [6.07, 6.45) is 37.1. The summed E-state index contributed by atoms with van der Waals surface area (Å²) in [5, 5.41) is 0. The van der Waals surface area contributed by atoms with Gasteiger partial charge in [0.05, 0.1) is 27.7 Å². The largest absolute Gasteiger partial charge is 0.756 e. The molecule has 0 aromatic heterocycles. The van der Waals surface area contributed by atoms with Crippen LogP contribution < -0.4 is 4.89 Å². The normalized spacial score (nSPS) is 14.2. The zero-order valence-corrected chi connectivity index (χ0v) is 33.9. The average Bonchev–Trinajstić information content (AvgIpc) is 3.07. The van der Waals surface area contributed by atoms with Crippen LogP contribution in [0.25, 0.3) is 0 Å². The Morgan fingerprint density at radius 3 is 1.69 bits per heavy atom. The predicted molar refractivity (Wildman–Crippen MR) is 208 cm³/mol. The summed E-state index contributed by atoms with van der Waals surface area (Å²) >= 11 is 0. The van der Waals surface area contributed by atoms with Crippen LogP contribution in [0.2, 0.25) is 0 Å². The number of phosphoric ester groups is 1. The number of ether oxygens (including phenoxy) is 2. The predicted octanol–water partition coefficient (Wildman–Crippen LogP) is 10.1. The Bertz CT molecular complexity index is 1020. The van der Waals surface area contributed by atoms with Gasteiger partial charge in [0.1, 0.15) is 19.8 Å². The van der Waals surface area contributed by atoms with E-state index in [9.17, 15) is 19.0 Å². The second-order valence-corrected chi connectivity index (χ2v) is 15.7. The molecule has 0 saturated carbocycles. The van der Waals surface area contributed by atoms with Crippen LogP contribution in [0, 0.1) is 0 Å². The van der Waals surface area contributed by atoms with Gasteiger partial charge in [0.2, 0.25) is 0 Å². The minimum Gasteiger partial charge on any atom is -0.756 e. The zero-order valence-electron chi connectivity index (χ0n) is 33.0. The van der Waals surface area contributed by atoms with E-state index in [4.69, 9.17) is 18.5 Å². The SMILES string of the molecule is CC/C=C/C/C=C/C/C=C/CCCCCCCC(=O)O[C@H](COC(=O)CCCCCCC/C=C/CCCCC)COP(=O)([O-])OCC[N+](C)(C)C. The van der Waals surface area contributed by atoms with E-state index >= 15 is 0 Å². The van der Waals surface area contributed by atoms with E-state index in [2.05, 4.69) is 62.5 Å². The molecule has 0 aliphatic heterocycles. The second-order valence-electron chi connectivity index (χ2n) is 14.3. The number of nitrogens with zero attached hydrogens (tertiary/aromatic N) is 1. The van der Waals surface area contributed by atoms with Crippen molar-refractivity contribution in [1.82, 2.24) is 0 Å². The van der Waals surface area contributed by atoms with Gasteiger partial charge in [0.25, 0.3) is 7.82 Å². The van der Waals surface area contributed by atoms with Gasteiger partial charge >= 0.3 is 11.9 Å². The minimum absolute atomic E-state index is 0.0374. The highest BCUT2D eigenvalue weighted by Crippen LogP contribution is 2.38. The average molecular weight is 740 g/mol. The smallest absolute Gasteiger partial charge is 0.306 e. The summed E-state index contributed by atoms with van der Waals surface area (Å²) in [7, 11) is 1.14. The van der Waals surface area contributed by atoms with Crippen molar-refractivity contribution in [2.24, 2.45) is 0 Å². The minimum atomic E-state index is -4.63. The molecule has 1 unspecified atom stereocenters. The molecule has 0 bridgehead atoms. The van der Waals surface area contributed by atoms with E-state index in [1.165, 1.54) is 25.7 Å². The van der Waals surface area contributed by atoms with Crippen molar-refractivity contribution in [3.05, 3.63) is 48.6 Å². The Morgan fingerprint density at radius 2 is 1.12 bits per heavy atom. The molecule has 0 amide bonds. The molecule has 10 heteroatoms. The van der Waals surface area contributed by atoms with Crippen molar-refractivity contribution >= 4 is 19.8 Å². The van der Waals surface area contributed by atoms with Crippen LogP contribution in [0.3, 0.4) is 0 Å². The molecule has 51 heavy (non-hydrogen) atoms. The maximum absolute atomic E-state index is 12.6. The number of carbonyl (C=O) groups is 2. The van der Waals surface area contributed by atoms with Crippen molar-refractivity contribution in [2.75, 3.05) is 47.5 Å². The Labute approximate surface area is 312 Å². The first kappa shape index (κ1) is 49.0. The summed E-state index contributed by atoms with van der Waals surface area (Å²) in [5.74, 6) is -0.870. The van der Waals surface area contributed by atoms with Crippen LogP contribution in [-0.4, -0.2) is 70.0 Å². The number of likely N-dealkylation sites (N-methyl/N-ethyl adjacent to an activating group) is 1. The van der Waals surface area contributed by atoms with E-state index < -0.39 is 32.5 Å². The van der Waals surface area contributed by atoms with E-state index in [0.29, 0.717) is 23.9 Å². The zero-order chi connectivity index (χ0) is 37.9. The molecular formula is C41H74NO8P. The maximum Gasteiger partial charge on any atom is 0.306 e. The number of allylic oxidation sites excluding steroid dienone is 8. The third-order valence-corrected chi connectivity index (χ3v) is 9.05. The number of hydrogen-bond donors (Lipinski definition) is 0. The van der Waals surface area contributed by atoms with Gasteiger partial charge in [-0.05, 0) is 70.6 Å². The first-order valence-corrected chi connectivity index (χ1v) is 21.3. The number of esters is 2. The van der Waals surface area contributed by atoms with Crippen molar-refractivity contribution in [2.45, 2.75) is 155 Å². The van der Waals surface area contributed by atoms with Crippen LogP contribution in [-0.2, 0) is 32.7 Å². The van der Waals surface area contributed by atoms with Crippen molar-refractivity contribution in [3.8, 4) is 0 Å². The Kier molecular flexibility index (Phi) is 32.4. The van der Waals surface area contributed by atoms with Gasteiger partial charge in [-0.15, -0.1) is 0 Å². The van der Waals surface area contributed by atoms with Crippen molar-refractivity contribution in [1.29, 1.82) is 0 Å². The number of rotatable bonds is 35. The Balaban J connectivity index is 4.47. The molecule has 296 valence electrons. The maximum atomic E-state index is 12.6. The van der Waals surface area contributed by atoms with Crippen LogP contribution in [0.4, 0.5) is 0 Å². The van der Waals surface area contributed by atoms with Crippen molar-refractivity contribution < 1.29 is 42.1 Å². The third kappa shape index (κ3) is 37.5. The lowest BCUT2D eigenvalue weighted by Crippen LogP contribution is -2.37. The van der Waals surface area contributed by atoms with Crippen LogP contribution in [0.1, 0.15) is 149 Å². The Morgan fingerprint density at radius 1 is 0.627 bits per heavy atom. The lowest BCUT2D eigenvalue weighted by atomic mass is 10.1. The summed E-state index contributed by atoms with van der Waals surface area (Å²) < 4.78 is 33.7. The summed E-state index contributed by atoms with van der Waals surface area (Å²) in [6.45, 7) is 4.03. The lowest BCUT2D eigenvalue weighted by molar-refractivity contribution is -0.870. The quantitative estimate of drug-likeness (QED) is 0.0208. The highest BCUT2D eigenvalue weighted by atomic mass is 31.2. The van der Waals surface area contributed by atoms with Gasteiger partial charge in [-0.2, -0.15) is 0 Å². The van der Waals surface area contributed by atoms with Crippen LogP contribution in [0.15, 0.2) is 48.6 Å². The molecule has 0 aromatic carbocycles. The molecule has 0 rings (SSSR count). The number of hydrogen-bond acceptors (Lipinski definition) is 8. The monoisotopic (exact) mass is 740 g/mol. The van der Waals surface area contributed by atoms with E-state index in [1.807, 2.05) is 21.1 Å². The molecule has 0 fully saturated rings. The van der Waals surface area contributed by atoms with E-state index in [0.717, 1.165) is 83.5 Å². The van der Waals surface area contributed by atoms with E-state index in [1.54, 1.807) is 0 Å². The molecule has 2 atom stereocenters. The van der Waals surface area contributed by atoms with Crippen LogP contribution in [0.5, 0.6) is 0 Å². The molecule has 0 spiro atoms. The number of unbranched alkanes of at least 4 members (excludes halogenated alkanes) is 13. The van der Waals surface area contributed by atoms with Crippen molar-refractivity contribution in [3.63, 3.8) is 0 Å². The summed E-state index contributed by atoms with van der Waals surface area (Å²) in [4.78, 5) is 37.4. The topological polar surface area (TPSA) is 111 Å². The molecule has 0 aromatic rings. The lowest BCUT2D eigenvalue weighted by Gasteiger charge is -2.28. The molecule has 0 radical (unpaired) electrons. The first-order chi connectivity index (χ1) is 24.5. The molecule has 0 N–H and O–H groups in total. The van der Waals surface area contributed by atoms with Gasteiger partial charge in [-0.3, -0.25) is 14.2 Å². The highest BCUT2D eigenvalue weighted by molar-refractivity contribution is 7.45. The summed E-state index contributed by atoms with van der Waals surface area (Å²) in [5.41, 5.74) is 0. The Hall–Kier alpha value is -2.03. The van der Waals surface area contributed by atoms with Gasteiger partial charge in [-0.25, -0.2) is 0 Å². The molecule has 0 saturated heterocycles. The number of quaternary nitrogens is 1. The molecular weight excluding hydrogens is 665 g/mol. The second kappa shape index (κ2) is 33.8. The number of phosphoric acid groups is 1. The van der Waals surface area contributed by atoms with Gasteiger partial charge in [0, 0.05) is 12.8 Å². The molecule has 0 aliphatic rings. The van der Waals surface area contributed by atoms with Crippen LogP contribution >= 0.6 is 7.82 Å². The van der Waals surface area contributed by atoms with Gasteiger partial charge < -0.3 is 27.9 Å². The molecule has 0 heterocycles. The van der Waals surface area contributed by atoms with Gasteiger partial charge in [0.15, 0.2) is 6.10 Å². The van der Waals surface area contributed by atoms with Gasteiger partial charge in [-0.1, -0.05) is 114 Å². The van der Waals surface area contributed by atoms with E-state index in [-0.39, 0.29) is 26.1 Å². The fraction of sp³-hybridized carbons (Fsp3) is 0.756. The number of carbonyl (C=O) groups excluding carboxylic acids is 2. The molecule has 0 aliphatic carbocycles. The molecule has 9 nitrogen and oxygen atoms in total. The third-order valence-electron chi connectivity index (χ3n) is 8.08. The summed E-state index contributed by atoms with van der Waals surface area (Å²) in [6, 6.07) is 0. The first-order valence-electron chi connectivity index (χ1n) is 19.8. The standard InChI is InChI=1S/C41H74NO8P/c1-6-8-10-12-14-16-18-20-21-22-24-26-28-30-32-34-41(44)50-39(38-49-51(45,46)48-36-35-42(3,4)5)37-47-40(43)33-31-29-27-25-23-19-17-15-13-11-9-7-2/h8,10,14-17,20-21,39H,6-7,9,11-13,18-19,22-38H2,1-5H3/b10-8+,16-14+,17-15+,21-20+/t39-/m1/s1. The highest BCUT2D eigenvalue weighted by Gasteiger charge is 2.21. The fourth-order valence-electron chi connectivity index (χ4n) is 4.96.